The van der Waals surface area contributed by atoms with Crippen molar-refractivity contribution in [2.75, 3.05) is 5.32 Å². The molecule has 0 atom stereocenters. The minimum atomic E-state index is -0.510. The molecule has 0 saturated heterocycles. The molecule has 1 amide bonds. The fourth-order valence-corrected chi connectivity index (χ4v) is 2.42. The Kier molecular flexibility index (Phi) is 4.00. The Morgan fingerprint density at radius 1 is 1.11 bits per heavy atom. The van der Waals surface area contributed by atoms with Gasteiger partial charge in [0.15, 0.2) is 0 Å². The summed E-state index contributed by atoms with van der Waals surface area (Å²) >= 11 is 3.36. The topological polar surface area (TPSA) is 29.1 Å². The number of hydrogen-bond acceptors (Lipinski definition) is 1. The van der Waals surface area contributed by atoms with Crippen LogP contribution in [0.5, 0.6) is 0 Å². The highest BCUT2D eigenvalue weighted by Gasteiger charge is 2.12. The van der Waals surface area contributed by atoms with E-state index in [-0.39, 0.29) is 5.56 Å². The molecule has 4 heteroatoms. The number of carbonyl (C=O) groups excluding carboxylic acids is 1. The molecule has 0 fully saturated rings. The van der Waals surface area contributed by atoms with Crippen LogP contribution in [-0.4, -0.2) is 5.91 Å². The summed E-state index contributed by atoms with van der Waals surface area (Å²) in [4.78, 5) is 12.0. The summed E-state index contributed by atoms with van der Waals surface area (Å²) in [5, 5.41) is 2.69. The summed E-state index contributed by atoms with van der Waals surface area (Å²) < 4.78 is 14.6. The van der Waals surface area contributed by atoms with Crippen molar-refractivity contribution >= 4 is 27.5 Å². The molecule has 0 unspecified atom stereocenters. The van der Waals surface area contributed by atoms with E-state index in [1.807, 2.05) is 19.1 Å². The van der Waals surface area contributed by atoms with E-state index >= 15 is 0 Å². The van der Waals surface area contributed by atoms with Crippen LogP contribution in [-0.2, 0) is 0 Å². The number of nitrogens with one attached hydrogen (secondary N) is 1. The predicted octanol–water partition coefficient (Wildman–Crippen LogP) is 4.46. The van der Waals surface area contributed by atoms with Crippen LogP contribution in [0.15, 0.2) is 40.9 Å². The molecule has 1 N–H and O–H groups in total. The zero-order valence-corrected chi connectivity index (χ0v) is 12.2. The van der Waals surface area contributed by atoms with Crippen molar-refractivity contribution in [3.05, 3.63) is 63.4 Å². The maximum absolute atomic E-state index is 13.7. The van der Waals surface area contributed by atoms with Crippen LogP contribution in [0.3, 0.4) is 0 Å². The van der Waals surface area contributed by atoms with Gasteiger partial charge in [-0.25, -0.2) is 4.39 Å². The Hall–Kier alpha value is -1.68. The van der Waals surface area contributed by atoms with Crippen molar-refractivity contribution in [3.63, 3.8) is 0 Å². The molecule has 0 aromatic heterocycles. The molecule has 0 bridgehead atoms. The Balaban J connectivity index is 2.25. The number of anilines is 1. The number of amides is 1. The van der Waals surface area contributed by atoms with E-state index in [1.54, 1.807) is 19.1 Å². The average Bonchev–Trinajstić information content (AvgIpc) is 2.26. The molecule has 2 rings (SSSR count). The molecule has 0 aliphatic heterocycles. The van der Waals surface area contributed by atoms with Crippen molar-refractivity contribution in [3.8, 4) is 0 Å². The van der Waals surface area contributed by atoms with Gasteiger partial charge in [-0.1, -0.05) is 22.0 Å². The summed E-state index contributed by atoms with van der Waals surface area (Å²) in [5.74, 6) is -0.959. The Labute approximate surface area is 119 Å². The number of carbonyl (C=O) groups is 1. The molecule has 2 nitrogen and oxygen atoms in total. The standard InChI is InChI=1S/C15H13BrFNO/c1-9-3-4-13(14(17)7-9)15(19)18-12-6-10(2)5-11(16)8-12/h3-8H,1-2H3,(H,18,19). The summed E-state index contributed by atoms with van der Waals surface area (Å²) in [6, 6.07) is 10.1. The number of benzene rings is 2. The van der Waals surface area contributed by atoms with Gasteiger partial charge in [-0.2, -0.15) is 0 Å². The van der Waals surface area contributed by atoms with Crippen LogP contribution in [0.25, 0.3) is 0 Å². The van der Waals surface area contributed by atoms with Crippen molar-refractivity contribution in [1.29, 1.82) is 0 Å². The smallest absolute Gasteiger partial charge is 0.258 e. The molecule has 0 aliphatic rings. The van der Waals surface area contributed by atoms with Gasteiger partial charge in [0.05, 0.1) is 5.56 Å². The second-order valence-corrected chi connectivity index (χ2v) is 5.37. The van der Waals surface area contributed by atoms with E-state index in [1.165, 1.54) is 12.1 Å². The third kappa shape index (κ3) is 3.41. The molecule has 19 heavy (non-hydrogen) atoms. The van der Waals surface area contributed by atoms with E-state index < -0.39 is 11.7 Å². The van der Waals surface area contributed by atoms with Gasteiger partial charge in [-0.3, -0.25) is 4.79 Å². The van der Waals surface area contributed by atoms with Gasteiger partial charge >= 0.3 is 0 Å². The molecule has 0 saturated carbocycles. The van der Waals surface area contributed by atoms with Gasteiger partial charge in [-0.05, 0) is 55.3 Å². The predicted molar refractivity (Wildman–Crippen MR) is 78.0 cm³/mol. The van der Waals surface area contributed by atoms with E-state index in [2.05, 4.69) is 21.2 Å². The summed E-state index contributed by atoms with van der Waals surface area (Å²) in [5.41, 5.74) is 2.47. The molecule has 2 aromatic rings. The van der Waals surface area contributed by atoms with Crippen molar-refractivity contribution < 1.29 is 9.18 Å². The molecular weight excluding hydrogens is 309 g/mol. The lowest BCUT2D eigenvalue weighted by molar-refractivity contribution is 0.102. The highest BCUT2D eigenvalue weighted by Crippen LogP contribution is 2.20. The largest absolute Gasteiger partial charge is 0.322 e. The maximum Gasteiger partial charge on any atom is 0.258 e. The average molecular weight is 322 g/mol. The van der Waals surface area contributed by atoms with Gasteiger partial charge in [0.1, 0.15) is 5.82 Å². The second-order valence-electron chi connectivity index (χ2n) is 4.45. The fraction of sp³-hybridized carbons (Fsp3) is 0.133. The quantitative estimate of drug-likeness (QED) is 0.869. The summed E-state index contributed by atoms with van der Waals surface area (Å²) in [7, 11) is 0. The Morgan fingerprint density at radius 3 is 2.47 bits per heavy atom. The molecule has 0 heterocycles. The molecular formula is C15H13BrFNO. The number of halogens is 2. The van der Waals surface area contributed by atoms with Gasteiger partial charge < -0.3 is 5.32 Å². The fourth-order valence-electron chi connectivity index (χ4n) is 1.81. The lowest BCUT2D eigenvalue weighted by Crippen LogP contribution is -2.14. The van der Waals surface area contributed by atoms with Crippen LogP contribution in [0.2, 0.25) is 0 Å². The van der Waals surface area contributed by atoms with Gasteiger partial charge in [-0.15, -0.1) is 0 Å². The first-order valence-corrected chi connectivity index (χ1v) is 6.60. The van der Waals surface area contributed by atoms with Gasteiger partial charge in [0, 0.05) is 10.2 Å². The van der Waals surface area contributed by atoms with E-state index in [0.29, 0.717) is 5.69 Å². The van der Waals surface area contributed by atoms with Crippen molar-refractivity contribution in [1.82, 2.24) is 0 Å². The van der Waals surface area contributed by atoms with Crippen LogP contribution < -0.4 is 5.32 Å². The molecule has 98 valence electrons. The number of hydrogen-bond donors (Lipinski definition) is 1. The third-order valence-electron chi connectivity index (χ3n) is 2.67. The van der Waals surface area contributed by atoms with Crippen LogP contribution in [0, 0.1) is 19.7 Å². The first-order chi connectivity index (χ1) is 8.95. The van der Waals surface area contributed by atoms with Crippen LogP contribution in [0.1, 0.15) is 21.5 Å². The van der Waals surface area contributed by atoms with Gasteiger partial charge in [0.2, 0.25) is 0 Å². The number of rotatable bonds is 2. The first-order valence-electron chi connectivity index (χ1n) is 5.80. The number of aryl methyl sites for hydroxylation is 2. The van der Waals surface area contributed by atoms with Crippen LogP contribution in [0.4, 0.5) is 10.1 Å². The lowest BCUT2D eigenvalue weighted by Gasteiger charge is -2.08. The molecule has 0 spiro atoms. The summed E-state index contributed by atoms with van der Waals surface area (Å²) in [6.07, 6.45) is 0. The van der Waals surface area contributed by atoms with Crippen molar-refractivity contribution in [2.24, 2.45) is 0 Å². The Morgan fingerprint density at radius 2 is 1.84 bits per heavy atom. The highest BCUT2D eigenvalue weighted by atomic mass is 79.9. The summed E-state index contributed by atoms with van der Waals surface area (Å²) in [6.45, 7) is 3.70. The van der Waals surface area contributed by atoms with E-state index in [9.17, 15) is 9.18 Å². The zero-order valence-electron chi connectivity index (χ0n) is 10.6. The highest BCUT2D eigenvalue weighted by molar-refractivity contribution is 9.10. The minimum Gasteiger partial charge on any atom is -0.322 e. The molecule has 0 radical (unpaired) electrons. The third-order valence-corrected chi connectivity index (χ3v) is 3.13. The molecule has 2 aromatic carbocycles. The van der Waals surface area contributed by atoms with Gasteiger partial charge in [0.25, 0.3) is 5.91 Å². The maximum atomic E-state index is 13.7. The SMILES string of the molecule is Cc1cc(Br)cc(NC(=O)c2ccc(C)cc2F)c1. The normalized spacial score (nSPS) is 10.3. The monoisotopic (exact) mass is 321 g/mol. The van der Waals surface area contributed by atoms with E-state index in [0.717, 1.165) is 15.6 Å². The van der Waals surface area contributed by atoms with E-state index in [4.69, 9.17) is 0 Å². The van der Waals surface area contributed by atoms with Crippen molar-refractivity contribution in [2.45, 2.75) is 13.8 Å². The lowest BCUT2D eigenvalue weighted by atomic mass is 10.1. The second kappa shape index (κ2) is 5.53. The first kappa shape index (κ1) is 13.7. The Bertz CT molecular complexity index is 620. The van der Waals surface area contributed by atoms with Crippen LogP contribution >= 0.6 is 15.9 Å². The minimum absolute atomic E-state index is 0.0447. The zero-order chi connectivity index (χ0) is 14.0. The molecule has 0 aliphatic carbocycles.